The van der Waals surface area contributed by atoms with Gasteiger partial charge >= 0.3 is 0 Å². The largest absolute Gasteiger partial charge is 0.352 e. The molecule has 0 radical (unpaired) electrons. The van der Waals surface area contributed by atoms with Crippen LogP contribution in [0.15, 0.2) is 78.9 Å². The number of hydrogen-bond donors (Lipinski definition) is 1. The maximum Gasteiger partial charge on any atom is 0.243 e. The van der Waals surface area contributed by atoms with E-state index in [0.717, 1.165) is 47.9 Å². The molecule has 0 saturated heterocycles. The molecule has 1 atom stereocenters. The lowest BCUT2D eigenvalue weighted by atomic mass is 9.94. The van der Waals surface area contributed by atoms with Gasteiger partial charge in [0.15, 0.2) is 0 Å². The van der Waals surface area contributed by atoms with Crippen LogP contribution < -0.4 is 5.32 Å². The quantitative estimate of drug-likeness (QED) is 0.281. The number of aryl methyl sites for hydroxylation is 1. The minimum absolute atomic E-state index is 0.0294. The summed E-state index contributed by atoms with van der Waals surface area (Å²) in [5, 5.41) is 4.00. The Labute approximate surface area is 236 Å². The molecule has 1 saturated carbocycles. The number of thioether (sulfide) groups is 1. The molecule has 1 aliphatic rings. The second-order valence-electron chi connectivity index (χ2n) is 10.2. The van der Waals surface area contributed by atoms with Crippen LogP contribution in [0.1, 0.15) is 54.4 Å². The van der Waals surface area contributed by atoms with Crippen molar-refractivity contribution in [3.05, 3.63) is 106 Å². The Morgan fingerprint density at radius 1 is 0.921 bits per heavy atom. The Hall–Kier alpha value is -2.76. The number of rotatable bonds is 11. The van der Waals surface area contributed by atoms with Gasteiger partial charge < -0.3 is 10.2 Å². The normalized spacial score (nSPS) is 14.6. The monoisotopic (exact) mass is 548 g/mol. The van der Waals surface area contributed by atoms with Crippen LogP contribution in [0.4, 0.5) is 0 Å². The first-order valence-corrected chi connectivity index (χ1v) is 15.0. The zero-order valence-electron chi connectivity index (χ0n) is 22.1. The fourth-order valence-electron chi connectivity index (χ4n) is 5.07. The van der Waals surface area contributed by atoms with E-state index in [1.165, 1.54) is 6.42 Å². The van der Waals surface area contributed by atoms with Crippen molar-refractivity contribution in [2.45, 2.75) is 69.8 Å². The number of nitrogens with zero attached hydrogens (tertiary/aromatic N) is 1. The molecule has 0 bridgehead atoms. The lowest BCUT2D eigenvalue weighted by Gasteiger charge is -2.33. The highest BCUT2D eigenvalue weighted by molar-refractivity contribution is 7.99. The first kappa shape index (κ1) is 28.3. The predicted octanol–water partition coefficient (Wildman–Crippen LogP) is 6.97. The molecule has 1 unspecified atom stereocenters. The minimum Gasteiger partial charge on any atom is -0.352 e. The van der Waals surface area contributed by atoms with Crippen molar-refractivity contribution in [3.8, 4) is 0 Å². The van der Waals surface area contributed by atoms with E-state index in [4.69, 9.17) is 11.6 Å². The van der Waals surface area contributed by atoms with E-state index >= 15 is 0 Å². The van der Waals surface area contributed by atoms with Crippen LogP contribution in [0.5, 0.6) is 0 Å². The van der Waals surface area contributed by atoms with E-state index in [1.807, 2.05) is 79.7 Å². The summed E-state index contributed by atoms with van der Waals surface area (Å²) in [5.74, 6) is 0.891. The van der Waals surface area contributed by atoms with Crippen LogP contribution >= 0.6 is 23.4 Å². The number of amides is 2. The molecule has 0 aromatic heterocycles. The van der Waals surface area contributed by atoms with Crippen LogP contribution in [0.2, 0.25) is 5.02 Å². The van der Waals surface area contributed by atoms with Gasteiger partial charge in [0.05, 0.1) is 5.75 Å². The highest BCUT2D eigenvalue weighted by atomic mass is 35.5. The van der Waals surface area contributed by atoms with Gasteiger partial charge in [0.25, 0.3) is 0 Å². The predicted molar refractivity (Wildman–Crippen MR) is 158 cm³/mol. The van der Waals surface area contributed by atoms with E-state index in [-0.39, 0.29) is 17.9 Å². The van der Waals surface area contributed by atoms with Gasteiger partial charge in [0.1, 0.15) is 6.04 Å². The van der Waals surface area contributed by atoms with Gasteiger partial charge in [-0.3, -0.25) is 9.59 Å². The number of halogens is 1. The zero-order chi connectivity index (χ0) is 26.7. The van der Waals surface area contributed by atoms with Crippen molar-refractivity contribution in [1.82, 2.24) is 10.2 Å². The van der Waals surface area contributed by atoms with Crippen LogP contribution in [-0.2, 0) is 28.3 Å². The van der Waals surface area contributed by atoms with Crippen LogP contribution in [-0.4, -0.2) is 34.6 Å². The van der Waals surface area contributed by atoms with E-state index in [0.29, 0.717) is 29.5 Å². The number of hydrogen-bond acceptors (Lipinski definition) is 3. The average molecular weight is 549 g/mol. The number of nitrogens with one attached hydrogen (secondary N) is 1. The third-order valence-corrected chi connectivity index (χ3v) is 8.26. The van der Waals surface area contributed by atoms with Crippen LogP contribution in [0, 0.1) is 6.92 Å². The van der Waals surface area contributed by atoms with Gasteiger partial charge in [-0.1, -0.05) is 103 Å². The molecule has 0 spiro atoms. The number of carbonyl (C=O) groups is 2. The average Bonchev–Trinajstić information content (AvgIpc) is 2.92. The van der Waals surface area contributed by atoms with E-state index in [9.17, 15) is 9.59 Å². The molecule has 200 valence electrons. The van der Waals surface area contributed by atoms with Gasteiger partial charge in [-0.15, -0.1) is 11.8 Å². The molecule has 1 fully saturated rings. The summed E-state index contributed by atoms with van der Waals surface area (Å²) < 4.78 is 0. The van der Waals surface area contributed by atoms with Crippen molar-refractivity contribution in [1.29, 1.82) is 0 Å². The standard InChI is InChI=1S/C32H37ClN2O2S/c1-24-10-8-13-26(18-24)21-35(31(36)23-38-22-27-14-9-15-28(33)19-27)30(20-25-11-4-2-5-12-25)32(37)34-29-16-6-3-7-17-29/h2,4-5,8-15,18-19,29-30H,3,6-7,16-17,20-23H2,1H3,(H,34,37). The summed E-state index contributed by atoms with van der Waals surface area (Å²) in [5.41, 5.74) is 4.29. The molecule has 1 N–H and O–H groups in total. The summed E-state index contributed by atoms with van der Waals surface area (Å²) in [6, 6.07) is 25.5. The molecule has 4 rings (SSSR count). The second kappa shape index (κ2) is 14.4. The molecule has 1 aliphatic carbocycles. The molecule has 3 aromatic rings. The lowest BCUT2D eigenvalue weighted by Crippen LogP contribution is -2.53. The third-order valence-electron chi connectivity index (χ3n) is 7.04. The van der Waals surface area contributed by atoms with Gasteiger partial charge in [-0.25, -0.2) is 0 Å². The molecule has 2 amide bonds. The first-order chi connectivity index (χ1) is 18.5. The summed E-state index contributed by atoms with van der Waals surface area (Å²) in [7, 11) is 0. The van der Waals surface area contributed by atoms with Gasteiger partial charge in [-0.05, 0) is 48.6 Å². The molecule has 6 heteroatoms. The minimum atomic E-state index is -0.584. The summed E-state index contributed by atoms with van der Waals surface area (Å²) in [6.45, 7) is 2.45. The topological polar surface area (TPSA) is 49.4 Å². The van der Waals surface area contributed by atoms with E-state index < -0.39 is 6.04 Å². The van der Waals surface area contributed by atoms with Gasteiger partial charge in [-0.2, -0.15) is 0 Å². The Morgan fingerprint density at radius 3 is 2.37 bits per heavy atom. The van der Waals surface area contributed by atoms with Crippen molar-refractivity contribution in [2.24, 2.45) is 0 Å². The van der Waals surface area contributed by atoms with Crippen molar-refractivity contribution >= 4 is 35.2 Å². The molecule has 38 heavy (non-hydrogen) atoms. The lowest BCUT2D eigenvalue weighted by molar-refractivity contribution is -0.139. The molecular formula is C32H37ClN2O2S. The van der Waals surface area contributed by atoms with Gasteiger partial charge in [0, 0.05) is 29.8 Å². The second-order valence-corrected chi connectivity index (χ2v) is 11.6. The van der Waals surface area contributed by atoms with Gasteiger partial charge in [0.2, 0.25) is 11.8 Å². The molecule has 0 aliphatic heterocycles. The van der Waals surface area contributed by atoms with Crippen molar-refractivity contribution in [2.75, 3.05) is 5.75 Å². The molecule has 4 nitrogen and oxygen atoms in total. The summed E-state index contributed by atoms with van der Waals surface area (Å²) in [4.78, 5) is 29.4. The fourth-order valence-corrected chi connectivity index (χ4v) is 6.14. The fraction of sp³-hybridized carbons (Fsp3) is 0.375. The Morgan fingerprint density at radius 2 is 1.63 bits per heavy atom. The van der Waals surface area contributed by atoms with Crippen LogP contribution in [0.3, 0.4) is 0 Å². The van der Waals surface area contributed by atoms with Crippen LogP contribution in [0.25, 0.3) is 0 Å². The molecule has 3 aromatic carbocycles. The SMILES string of the molecule is Cc1cccc(CN(C(=O)CSCc2cccc(Cl)c2)C(Cc2ccccc2)C(=O)NC2CCCCC2)c1. The maximum absolute atomic E-state index is 13.8. The first-order valence-electron chi connectivity index (χ1n) is 13.5. The summed E-state index contributed by atoms with van der Waals surface area (Å²) >= 11 is 7.70. The van der Waals surface area contributed by atoms with Crippen molar-refractivity contribution in [3.63, 3.8) is 0 Å². The Balaban J connectivity index is 1.56. The van der Waals surface area contributed by atoms with E-state index in [2.05, 4.69) is 11.4 Å². The number of benzene rings is 3. The Bertz CT molecular complexity index is 1200. The van der Waals surface area contributed by atoms with E-state index in [1.54, 1.807) is 16.7 Å². The maximum atomic E-state index is 13.8. The smallest absolute Gasteiger partial charge is 0.243 e. The highest BCUT2D eigenvalue weighted by Crippen LogP contribution is 2.22. The Kier molecular flexibility index (Phi) is 10.7. The number of carbonyl (C=O) groups excluding carboxylic acids is 2. The van der Waals surface area contributed by atoms with Crippen molar-refractivity contribution < 1.29 is 9.59 Å². The molecule has 0 heterocycles. The zero-order valence-corrected chi connectivity index (χ0v) is 23.6. The summed E-state index contributed by atoms with van der Waals surface area (Å²) in [6.07, 6.45) is 5.99. The molecular weight excluding hydrogens is 512 g/mol. The third kappa shape index (κ3) is 8.64. The highest BCUT2D eigenvalue weighted by Gasteiger charge is 2.31.